The highest BCUT2D eigenvalue weighted by molar-refractivity contribution is 5.99. The molecule has 0 bridgehead atoms. The highest BCUT2D eigenvalue weighted by atomic mass is 16.5. The van der Waals surface area contributed by atoms with Gasteiger partial charge in [-0.05, 0) is 31.0 Å². The standard InChI is InChI=1S/C10H13NO2/c1-3-8-4-5-10(11-13)9(6-8)7(2)12/h4-6,11,13H,3H2,1-2H3. The quantitative estimate of drug-likeness (QED) is 0.552. The number of hydrogen-bond acceptors (Lipinski definition) is 3. The Morgan fingerprint density at radius 1 is 1.54 bits per heavy atom. The third kappa shape index (κ3) is 2.06. The Morgan fingerprint density at radius 2 is 2.23 bits per heavy atom. The van der Waals surface area contributed by atoms with Gasteiger partial charge in [0, 0.05) is 5.56 Å². The Hall–Kier alpha value is -1.35. The molecule has 0 saturated carbocycles. The van der Waals surface area contributed by atoms with Gasteiger partial charge in [-0.15, -0.1) is 0 Å². The van der Waals surface area contributed by atoms with E-state index in [1.807, 2.05) is 18.5 Å². The van der Waals surface area contributed by atoms with Crippen molar-refractivity contribution >= 4 is 11.5 Å². The van der Waals surface area contributed by atoms with E-state index < -0.39 is 0 Å². The zero-order valence-corrected chi connectivity index (χ0v) is 7.79. The van der Waals surface area contributed by atoms with E-state index in [-0.39, 0.29) is 5.78 Å². The van der Waals surface area contributed by atoms with E-state index in [2.05, 4.69) is 0 Å². The van der Waals surface area contributed by atoms with Crippen molar-refractivity contribution in [3.63, 3.8) is 0 Å². The average Bonchev–Trinajstić information content (AvgIpc) is 2.16. The molecule has 0 fully saturated rings. The number of anilines is 1. The smallest absolute Gasteiger partial charge is 0.161 e. The van der Waals surface area contributed by atoms with E-state index in [0.717, 1.165) is 12.0 Å². The molecule has 13 heavy (non-hydrogen) atoms. The molecule has 0 atom stereocenters. The van der Waals surface area contributed by atoms with Crippen LogP contribution in [0.3, 0.4) is 0 Å². The van der Waals surface area contributed by atoms with Crippen molar-refractivity contribution in [2.45, 2.75) is 20.3 Å². The van der Waals surface area contributed by atoms with Crippen molar-refractivity contribution in [2.75, 3.05) is 5.48 Å². The van der Waals surface area contributed by atoms with Crippen molar-refractivity contribution in [3.05, 3.63) is 29.3 Å². The third-order valence-electron chi connectivity index (χ3n) is 1.99. The van der Waals surface area contributed by atoms with Crippen LogP contribution in [-0.4, -0.2) is 11.0 Å². The highest BCUT2D eigenvalue weighted by Gasteiger charge is 2.06. The van der Waals surface area contributed by atoms with Crippen LogP contribution in [0.25, 0.3) is 0 Å². The molecule has 0 aliphatic carbocycles. The molecule has 3 heteroatoms. The normalized spacial score (nSPS) is 9.77. The fourth-order valence-electron chi connectivity index (χ4n) is 1.20. The Balaban J connectivity index is 3.18. The topological polar surface area (TPSA) is 49.3 Å². The third-order valence-corrected chi connectivity index (χ3v) is 1.99. The van der Waals surface area contributed by atoms with Gasteiger partial charge in [-0.3, -0.25) is 15.5 Å². The summed E-state index contributed by atoms with van der Waals surface area (Å²) in [5.41, 5.74) is 4.09. The second-order valence-electron chi connectivity index (χ2n) is 2.90. The van der Waals surface area contributed by atoms with Crippen LogP contribution in [0.1, 0.15) is 29.8 Å². The molecule has 1 aromatic rings. The molecule has 0 spiro atoms. The first kappa shape index (κ1) is 9.74. The second-order valence-corrected chi connectivity index (χ2v) is 2.90. The van der Waals surface area contributed by atoms with Crippen LogP contribution >= 0.6 is 0 Å². The summed E-state index contributed by atoms with van der Waals surface area (Å²) in [6, 6.07) is 5.38. The maximum absolute atomic E-state index is 11.1. The minimum Gasteiger partial charge on any atom is -0.294 e. The number of carbonyl (C=O) groups is 1. The molecule has 3 nitrogen and oxygen atoms in total. The van der Waals surface area contributed by atoms with Crippen LogP contribution in [0.4, 0.5) is 5.69 Å². The number of carbonyl (C=O) groups excluding carboxylic acids is 1. The lowest BCUT2D eigenvalue weighted by molar-refractivity contribution is 0.101. The van der Waals surface area contributed by atoms with Crippen LogP contribution in [0.2, 0.25) is 0 Å². The molecule has 0 amide bonds. The minimum absolute atomic E-state index is 0.0492. The van der Waals surface area contributed by atoms with Crippen molar-refractivity contribution in [1.29, 1.82) is 0 Å². The molecular formula is C10H13NO2. The monoisotopic (exact) mass is 179 g/mol. The summed E-state index contributed by atoms with van der Waals surface area (Å²) >= 11 is 0. The first-order chi connectivity index (χ1) is 6.19. The van der Waals surface area contributed by atoms with Gasteiger partial charge in [0.15, 0.2) is 5.78 Å². The number of rotatable bonds is 3. The van der Waals surface area contributed by atoms with E-state index in [9.17, 15) is 4.79 Å². The van der Waals surface area contributed by atoms with Crippen LogP contribution in [0, 0.1) is 0 Å². The van der Waals surface area contributed by atoms with Gasteiger partial charge in [-0.1, -0.05) is 13.0 Å². The van der Waals surface area contributed by atoms with Crippen molar-refractivity contribution in [3.8, 4) is 0 Å². The number of hydrogen-bond donors (Lipinski definition) is 2. The lowest BCUT2D eigenvalue weighted by Crippen LogP contribution is -2.01. The van der Waals surface area contributed by atoms with E-state index in [1.54, 1.807) is 12.1 Å². The van der Waals surface area contributed by atoms with Gasteiger partial charge in [-0.2, -0.15) is 0 Å². The number of Topliss-reactive ketones (excluding diaryl/α,β-unsaturated/α-hetero) is 1. The molecule has 0 aromatic heterocycles. The zero-order valence-electron chi connectivity index (χ0n) is 7.79. The summed E-state index contributed by atoms with van der Waals surface area (Å²) in [5, 5.41) is 8.73. The number of nitrogens with one attached hydrogen (secondary N) is 1. The first-order valence-electron chi connectivity index (χ1n) is 4.23. The molecule has 0 radical (unpaired) electrons. The van der Waals surface area contributed by atoms with Gasteiger partial charge in [0.2, 0.25) is 0 Å². The van der Waals surface area contributed by atoms with Gasteiger partial charge in [0.25, 0.3) is 0 Å². The van der Waals surface area contributed by atoms with E-state index in [1.165, 1.54) is 6.92 Å². The SMILES string of the molecule is CCc1ccc(NO)c(C(C)=O)c1. The Kier molecular flexibility index (Phi) is 3.03. The average molecular weight is 179 g/mol. The molecule has 1 aromatic carbocycles. The van der Waals surface area contributed by atoms with E-state index in [4.69, 9.17) is 5.21 Å². The van der Waals surface area contributed by atoms with Crippen LogP contribution in [-0.2, 0) is 6.42 Å². The largest absolute Gasteiger partial charge is 0.294 e. The summed E-state index contributed by atoms with van der Waals surface area (Å²) in [7, 11) is 0. The number of benzene rings is 1. The molecule has 0 aliphatic heterocycles. The van der Waals surface area contributed by atoms with Crippen LogP contribution < -0.4 is 5.48 Å². The molecule has 1 rings (SSSR count). The maximum atomic E-state index is 11.1. The van der Waals surface area contributed by atoms with Gasteiger partial charge >= 0.3 is 0 Å². The summed E-state index contributed by atoms with van der Waals surface area (Å²) < 4.78 is 0. The Bertz CT molecular complexity index is 321. The predicted octanol–water partition coefficient (Wildman–Crippen LogP) is 2.25. The highest BCUT2D eigenvalue weighted by Crippen LogP contribution is 2.17. The molecule has 0 heterocycles. The maximum Gasteiger partial charge on any atom is 0.161 e. The summed E-state index contributed by atoms with van der Waals surface area (Å²) in [6.45, 7) is 3.50. The lowest BCUT2D eigenvalue weighted by Gasteiger charge is -2.06. The Morgan fingerprint density at radius 3 is 2.69 bits per heavy atom. The number of aryl methyl sites for hydroxylation is 1. The lowest BCUT2D eigenvalue weighted by atomic mass is 10.0. The Labute approximate surface area is 77.4 Å². The van der Waals surface area contributed by atoms with E-state index in [0.29, 0.717) is 11.3 Å². The van der Waals surface area contributed by atoms with Crippen molar-refractivity contribution in [2.24, 2.45) is 0 Å². The van der Waals surface area contributed by atoms with E-state index >= 15 is 0 Å². The molecular weight excluding hydrogens is 166 g/mol. The molecule has 0 unspecified atom stereocenters. The van der Waals surface area contributed by atoms with Gasteiger partial charge < -0.3 is 0 Å². The van der Waals surface area contributed by atoms with Crippen LogP contribution in [0.15, 0.2) is 18.2 Å². The first-order valence-corrected chi connectivity index (χ1v) is 4.23. The summed E-state index contributed by atoms with van der Waals surface area (Å²) in [5.74, 6) is -0.0492. The van der Waals surface area contributed by atoms with Gasteiger partial charge in [-0.25, -0.2) is 0 Å². The van der Waals surface area contributed by atoms with Gasteiger partial charge in [0.05, 0.1) is 5.69 Å². The fourth-order valence-corrected chi connectivity index (χ4v) is 1.20. The molecule has 0 saturated heterocycles. The molecule has 70 valence electrons. The molecule has 2 N–H and O–H groups in total. The second kappa shape index (κ2) is 4.05. The van der Waals surface area contributed by atoms with Crippen LogP contribution in [0.5, 0.6) is 0 Å². The van der Waals surface area contributed by atoms with Crippen molar-refractivity contribution in [1.82, 2.24) is 0 Å². The zero-order chi connectivity index (χ0) is 9.84. The molecule has 0 aliphatic rings. The summed E-state index contributed by atoms with van der Waals surface area (Å²) in [4.78, 5) is 11.1. The fraction of sp³-hybridized carbons (Fsp3) is 0.300. The number of ketones is 1. The minimum atomic E-state index is -0.0492. The summed E-state index contributed by atoms with van der Waals surface area (Å²) in [6.07, 6.45) is 0.881. The van der Waals surface area contributed by atoms with Gasteiger partial charge in [0.1, 0.15) is 0 Å². The van der Waals surface area contributed by atoms with Crippen molar-refractivity contribution < 1.29 is 10.0 Å². The predicted molar refractivity (Wildman–Crippen MR) is 51.2 cm³/mol.